The molecule has 1 aromatic carbocycles. The Morgan fingerprint density at radius 1 is 1.06 bits per heavy atom. The molecule has 4 nitrogen and oxygen atoms in total. The summed E-state index contributed by atoms with van der Waals surface area (Å²) < 4.78 is 0. The van der Waals surface area contributed by atoms with Crippen molar-refractivity contribution < 1.29 is 0 Å². The standard InChI is InChI=1S/C12H10N4/c1-14-12-7-6-11(15-16-12)10-4-2-9(8-13)3-5-10/h2-7H,1H3,(H,14,16). The predicted molar refractivity (Wildman–Crippen MR) is 61.7 cm³/mol. The normalized spacial score (nSPS) is 9.50. The minimum absolute atomic E-state index is 0.642. The number of nitrogens with one attached hydrogen (secondary N) is 1. The average molecular weight is 210 g/mol. The Labute approximate surface area is 93.6 Å². The van der Waals surface area contributed by atoms with E-state index in [0.717, 1.165) is 17.1 Å². The second-order valence-corrected chi connectivity index (χ2v) is 3.24. The Kier molecular flexibility index (Phi) is 2.79. The molecule has 0 unspecified atom stereocenters. The number of anilines is 1. The van der Waals surface area contributed by atoms with E-state index in [1.165, 1.54) is 0 Å². The third-order valence-corrected chi connectivity index (χ3v) is 2.23. The molecule has 0 saturated heterocycles. The Bertz CT molecular complexity index is 508. The zero-order valence-electron chi connectivity index (χ0n) is 8.81. The number of benzene rings is 1. The second kappa shape index (κ2) is 4.41. The molecular weight excluding hydrogens is 200 g/mol. The first-order valence-corrected chi connectivity index (χ1v) is 4.85. The molecule has 1 N–H and O–H groups in total. The molecule has 0 aliphatic heterocycles. The maximum absolute atomic E-state index is 8.68. The molecule has 2 aromatic rings. The van der Waals surface area contributed by atoms with E-state index in [4.69, 9.17) is 5.26 Å². The fourth-order valence-electron chi connectivity index (χ4n) is 1.34. The molecule has 0 fully saturated rings. The highest BCUT2D eigenvalue weighted by molar-refractivity contribution is 5.60. The van der Waals surface area contributed by atoms with Gasteiger partial charge in [-0.15, -0.1) is 10.2 Å². The SMILES string of the molecule is CNc1ccc(-c2ccc(C#N)cc2)nn1. The van der Waals surface area contributed by atoms with Crippen molar-refractivity contribution in [3.63, 3.8) is 0 Å². The van der Waals surface area contributed by atoms with Crippen LogP contribution in [0.4, 0.5) is 5.82 Å². The summed E-state index contributed by atoms with van der Waals surface area (Å²) in [6, 6.07) is 13.1. The summed E-state index contributed by atoms with van der Waals surface area (Å²) in [4.78, 5) is 0. The number of hydrogen-bond donors (Lipinski definition) is 1. The van der Waals surface area contributed by atoms with Crippen molar-refractivity contribution in [2.24, 2.45) is 0 Å². The molecule has 0 bridgehead atoms. The van der Waals surface area contributed by atoms with E-state index in [1.54, 1.807) is 19.2 Å². The van der Waals surface area contributed by atoms with Crippen LogP contribution in [0.15, 0.2) is 36.4 Å². The van der Waals surface area contributed by atoms with E-state index in [9.17, 15) is 0 Å². The van der Waals surface area contributed by atoms with E-state index >= 15 is 0 Å². The van der Waals surface area contributed by atoms with Gasteiger partial charge in [0.1, 0.15) is 5.82 Å². The van der Waals surface area contributed by atoms with Crippen LogP contribution in [0.1, 0.15) is 5.56 Å². The molecule has 0 spiro atoms. The van der Waals surface area contributed by atoms with Gasteiger partial charge < -0.3 is 5.32 Å². The van der Waals surface area contributed by atoms with E-state index in [1.807, 2.05) is 24.3 Å². The van der Waals surface area contributed by atoms with E-state index < -0.39 is 0 Å². The molecule has 4 heteroatoms. The van der Waals surface area contributed by atoms with Gasteiger partial charge in [-0.05, 0) is 24.3 Å². The molecule has 0 aliphatic carbocycles. The van der Waals surface area contributed by atoms with Gasteiger partial charge in [0, 0.05) is 12.6 Å². The van der Waals surface area contributed by atoms with E-state index in [0.29, 0.717) is 5.56 Å². The van der Waals surface area contributed by atoms with Crippen LogP contribution in [0, 0.1) is 11.3 Å². The Morgan fingerprint density at radius 2 is 1.81 bits per heavy atom. The van der Waals surface area contributed by atoms with Crippen LogP contribution < -0.4 is 5.32 Å². The Hall–Kier alpha value is -2.41. The van der Waals surface area contributed by atoms with Crippen molar-refractivity contribution in [2.45, 2.75) is 0 Å². The topological polar surface area (TPSA) is 61.6 Å². The number of hydrogen-bond acceptors (Lipinski definition) is 4. The summed E-state index contributed by atoms with van der Waals surface area (Å²) in [5, 5.41) is 19.7. The second-order valence-electron chi connectivity index (χ2n) is 3.24. The van der Waals surface area contributed by atoms with Crippen molar-refractivity contribution in [1.82, 2.24) is 10.2 Å². The molecule has 16 heavy (non-hydrogen) atoms. The van der Waals surface area contributed by atoms with Gasteiger partial charge in [0.15, 0.2) is 0 Å². The van der Waals surface area contributed by atoms with Crippen LogP contribution in [0.3, 0.4) is 0 Å². The molecule has 0 aliphatic rings. The van der Waals surface area contributed by atoms with Crippen molar-refractivity contribution >= 4 is 5.82 Å². The van der Waals surface area contributed by atoms with E-state index in [-0.39, 0.29) is 0 Å². The Morgan fingerprint density at radius 3 is 2.31 bits per heavy atom. The molecule has 1 heterocycles. The maximum atomic E-state index is 8.68. The van der Waals surface area contributed by atoms with Crippen molar-refractivity contribution in [3.8, 4) is 17.3 Å². The highest BCUT2D eigenvalue weighted by Crippen LogP contribution is 2.17. The number of nitrogens with zero attached hydrogens (tertiary/aromatic N) is 3. The summed E-state index contributed by atoms with van der Waals surface area (Å²) in [6.45, 7) is 0. The molecular formula is C12H10N4. The van der Waals surface area contributed by atoms with Gasteiger partial charge in [-0.2, -0.15) is 5.26 Å². The number of aromatic nitrogens is 2. The lowest BCUT2D eigenvalue weighted by Crippen LogP contribution is -1.95. The summed E-state index contributed by atoms with van der Waals surface area (Å²) in [6.07, 6.45) is 0. The third kappa shape index (κ3) is 1.98. The van der Waals surface area contributed by atoms with Crippen LogP contribution in [0.5, 0.6) is 0 Å². The van der Waals surface area contributed by atoms with Gasteiger partial charge in [0.05, 0.1) is 17.3 Å². The van der Waals surface area contributed by atoms with Gasteiger partial charge in [0.25, 0.3) is 0 Å². The molecule has 78 valence electrons. The first kappa shape index (κ1) is 10.1. The lowest BCUT2D eigenvalue weighted by molar-refractivity contribution is 1.04. The lowest BCUT2D eigenvalue weighted by Gasteiger charge is -2.01. The average Bonchev–Trinajstić information content (AvgIpc) is 2.39. The van der Waals surface area contributed by atoms with Gasteiger partial charge in [-0.1, -0.05) is 12.1 Å². The fraction of sp³-hybridized carbons (Fsp3) is 0.0833. The number of rotatable bonds is 2. The predicted octanol–water partition coefficient (Wildman–Crippen LogP) is 2.06. The molecule has 0 saturated carbocycles. The zero-order chi connectivity index (χ0) is 11.4. The highest BCUT2D eigenvalue weighted by Gasteiger charge is 2.00. The van der Waals surface area contributed by atoms with Crippen LogP contribution in [0.2, 0.25) is 0 Å². The van der Waals surface area contributed by atoms with Crippen LogP contribution in [-0.2, 0) is 0 Å². The molecule has 0 atom stereocenters. The van der Waals surface area contributed by atoms with Crippen LogP contribution in [-0.4, -0.2) is 17.2 Å². The summed E-state index contributed by atoms with van der Waals surface area (Å²) in [5.41, 5.74) is 2.39. The van der Waals surface area contributed by atoms with Crippen molar-refractivity contribution in [3.05, 3.63) is 42.0 Å². The highest BCUT2D eigenvalue weighted by atomic mass is 15.2. The summed E-state index contributed by atoms with van der Waals surface area (Å²) in [7, 11) is 1.80. The van der Waals surface area contributed by atoms with Gasteiger partial charge in [-0.25, -0.2) is 0 Å². The van der Waals surface area contributed by atoms with Crippen molar-refractivity contribution in [1.29, 1.82) is 5.26 Å². The molecule has 2 rings (SSSR count). The largest absolute Gasteiger partial charge is 0.372 e. The maximum Gasteiger partial charge on any atom is 0.148 e. The van der Waals surface area contributed by atoms with Gasteiger partial charge in [-0.3, -0.25) is 0 Å². The monoisotopic (exact) mass is 210 g/mol. The van der Waals surface area contributed by atoms with Crippen LogP contribution >= 0.6 is 0 Å². The molecule has 1 aromatic heterocycles. The molecule has 0 amide bonds. The van der Waals surface area contributed by atoms with Crippen molar-refractivity contribution in [2.75, 3.05) is 12.4 Å². The summed E-state index contributed by atoms with van der Waals surface area (Å²) >= 11 is 0. The smallest absolute Gasteiger partial charge is 0.148 e. The first-order chi connectivity index (χ1) is 7.83. The van der Waals surface area contributed by atoms with Gasteiger partial charge in [0.2, 0.25) is 0 Å². The third-order valence-electron chi connectivity index (χ3n) is 2.23. The summed E-state index contributed by atoms with van der Waals surface area (Å²) in [5.74, 6) is 0.734. The number of nitriles is 1. The Balaban J connectivity index is 2.32. The zero-order valence-corrected chi connectivity index (χ0v) is 8.81. The lowest BCUT2D eigenvalue weighted by atomic mass is 10.1. The molecule has 0 radical (unpaired) electrons. The van der Waals surface area contributed by atoms with Crippen LogP contribution in [0.25, 0.3) is 11.3 Å². The minimum atomic E-state index is 0.642. The fourth-order valence-corrected chi connectivity index (χ4v) is 1.34. The van der Waals surface area contributed by atoms with Gasteiger partial charge >= 0.3 is 0 Å². The first-order valence-electron chi connectivity index (χ1n) is 4.85. The van der Waals surface area contributed by atoms with E-state index in [2.05, 4.69) is 21.6 Å². The quantitative estimate of drug-likeness (QED) is 0.824. The minimum Gasteiger partial charge on any atom is -0.372 e.